The standard InChI is InChI=1S/C16H20N2O/c19-15-9-5-8-14(12-15)17-18-11-4-3-7-13-6-1-2-10-16(13)18/h1-2,6,10H,3-5,7-9,11-12H2/b17-14-. The molecule has 0 saturated heterocycles. The molecule has 2 aliphatic rings. The molecule has 0 N–H and O–H groups in total. The summed E-state index contributed by atoms with van der Waals surface area (Å²) in [7, 11) is 0. The summed E-state index contributed by atoms with van der Waals surface area (Å²) in [5.41, 5.74) is 3.67. The molecule has 0 amide bonds. The van der Waals surface area contributed by atoms with E-state index in [1.807, 2.05) is 0 Å². The van der Waals surface area contributed by atoms with Crippen LogP contribution in [-0.2, 0) is 11.2 Å². The topological polar surface area (TPSA) is 32.7 Å². The number of hydrogen-bond donors (Lipinski definition) is 0. The molecular weight excluding hydrogens is 236 g/mol. The van der Waals surface area contributed by atoms with Gasteiger partial charge in [-0.1, -0.05) is 18.2 Å². The Morgan fingerprint density at radius 3 is 2.79 bits per heavy atom. The summed E-state index contributed by atoms with van der Waals surface area (Å²) < 4.78 is 0. The van der Waals surface area contributed by atoms with Crippen molar-refractivity contribution in [2.75, 3.05) is 11.6 Å². The second-order valence-electron chi connectivity index (χ2n) is 5.44. The maximum absolute atomic E-state index is 11.5. The van der Waals surface area contributed by atoms with Crippen LogP contribution in [0.2, 0.25) is 0 Å². The van der Waals surface area contributed by atoms with Crippen LogP contribution < -0.4 is 5.01 Å². The molecule has 1 heterocycles. The number of benzene rings is 1. The fourth-order valence-electron chi connectivity index (χ4n) is 2.93. The van der Waals surface area contributed by atoms with E-state index < -0.39 is 0 Å². The van der Waals surface area contributed by atoms with E-state index in [0.717, 1.165) is 37.9 Å². The number of anilines is 1. The first-order valence-electron chi connectivity index (χ1n) is 7.26. The minimum absolute atomic E-state index is 0.341. The number of carbonyl (C=O) groups is 1. The molecule has 0 radical (unpaired) electrons. The third kappa shape index (κ3) is 2.86. The predicted molar refractivity (Wildman–Crippen MR) is 77.6 cm³/mol. The zero-order chi connectivity index (χ0) is 13.1. The number of ketones is 1. The molecule has 19 heavy (non-hydrogen) atoms. The third-order valence-corrected chi connectivity index (χ3v) is 3.92. The maximum atomic E-state index is 11.5. The normalized spacial score (nSPS) is 22.2. The largest absolute Gasteiger partial charge is 0.299 e. The highest BCUT2D eigenvalue weighted by Gasteiger charge is 2.18. The highest BCUT2D eigenvalue weighted by atomic mass is 16.1. The van der Waals surface area contributed by atoms with Crippen molar-refractivity contribution in [3.63, 3.8) is 0 Å². The molecular formula is C16H20N2O. The number of hydrazone groups is 1. The van der Waals surface area contributed by atoms with Gasteiger partial charge in [-0.2, -0.15) is 5.10 Å². The van der Waals surface area contributed by atoms with Crippen molar-refractivity contribution in [1.82, 2.24) is 0 Å². The van der Waals surface area contributed by atoms with Gasteiger partial charge in [0, 0.05) is 25.1 Å². The summed E-state index contributed by atoms with van der Waals surface area (Å²) in [5, 5.41) is 6.90. The van der Waals surface area contributed by atoms with E-state index in [1.54, 1.807) is 0 Å². The van der Waals surface area contributed by atoms with Crippen LogP contribution >= 0.6 is 0 Å². The lowest BCUT2D eigenvalue weighted by Gasteiger charge is -2.22. The molecule has 1 aliphatic carbocycles. The van der Waals surface area contributed by atoms with Crippen molar-refractivity contribution < 1.29 is 4.79 Å². The molecule has 0 spiro atoms. The summed E-state index contributed by atoms with van der Waals surface area (Å²) in [5.74, 6) is 0.341. The summed E-state index contributed by atoms with van der Waals surface area (Å²) in [6, 6.07) is 8.51. The van der Waals surface area contributed by atoms with Crippen LogP contribution in [0.15, 0.2) is 29.4 Å². The lowest BCUT2D eigenvalue weighted by atomic mass is 9.97. The Bertz CT molecular complexity index is 507. The Hall–Kier alpha value is -1.64. The number of nitrogens with zero attached hydrogens (tertiary/aromatic N) is 2. The molecule has 0 atom stereocenters. The van der Waals surface area contributed by atoms with Crippen LogP contribution in [0.5, 0.6) is 0 Å². The minimum Gasteiger partial charge on any atom is -0.299 e. The fraction of sp³-hybridized carbons (Fsp3) is 0.500. The zero-order valence-corrected chi connectivity index (χ0v) is 11.3. The van der Waals surface area contributed by atoms with Crippen LogP contribution in [0.25, 0.3) is 0 Å². The van der Waals surface area contributed by atoms with E-state index in [4.69, 9.17) is 5.10 Å². The van der Waals surface area contributed by atoms with Gasteiger partial charge < -0.3 is 0 Å². The Morgan fingerprint density at radius 2 is 1.89 bits per heavy atom. The summed E-state index contributed by atoms with van der Waals surface area (Å²) >= 11 is 0. The zero-order valence-electron chi connectivity index (χ0n) is 11.3. The first-order chi connectivity index (χ1) is 9.33. The second kappa shape index (κ2) is 5.55. The highest BCUT2D eigenvalue weighted by Crippen LogP contribution is 2.27. The van der Waals surface area contributed by atoms with Crippen LogP contribution in [0.1, 0.15) is 44.1 Å². The van der Waals surface area contributed by atoms with Crippen molar-refractivity contribution in [2.24, 2.45) is 5.10 Å². The van der Waals surface area contributed by atoms with E-state index >= 15 is 0 Å². The number of rotatable bonds is 1. The van der Waals surface area contributed by atoms with E-state index in [1.165, 1.54) is 24.1 Å². The van der Waals surface area contributed by atoms with E-state index in [0.29, 0.717) is 12.2 Å². The van der Waals surface area contributed by atoms with Crippen molar-refractivity contribution in [3.05, 3.63) is 29.8 Å². The second-order valence-corrected chi connectivity index (χ2v) is 5.44. The molecule has 0 unspecified atom stereocenters. The van der Waals surface area contributed by atoms with Gasteiger partial charge in [-0.15, -0.1) is 0 Å². The van der Waals surface area contributed by atoms with Gasteiger partial charge >= 0.3 is 0 Å². The number of Topliss-reactive ketones (excluding diaryl/α,β-unsaturated/α-hetero) is 1. The third-order valence-electron chi connectivity index (χ3n) is 3.92. The lowest BCUT2D eigenvalue weighted by Crippen LogP contribution is -2.23. The predicted octanol–water partition coefficient (Wildman–Crippen LogP) is 3.33. The maximum Gasteiger partial charge on any atom is 0.138 e. The van der Waals surface area contributed by atoms with E-state index in [9.17, 15) is 4.79 Å². The van der Waals surface area contributed by atoms with Crippen molar-refractivity contribution in [3.8, 4) is 0 Å². The first kappa shape index (κ1) is 12.4. The average molecular weight is 256 g/mol. The Kier molecular flexibility index (Phi) is 3.62. The smallest absolute Gasteiger partial charge is 0.138 e. The van der Waals surface area contributed by atoms with Gasteiger partial charge in [0.15, 0.2) is 0 Å². The van der Waals surface area contributed by atoms with Gasteiger partial charge in [-0.25, -0.2) is 0 Å². The molecule has 3 heteroatoms. The number of para-hydroxylation sites is 1. The van der Waals surface area contributed by atoms with Gasteiger partial charge in [-0.05, 0) is 43.7 Å². The molecule has 1 aromatic carbocycles. The van der Waals surface area contributed by atoms with Gasteiger partial charge in [0.25, 0.3) is 0 Å². The van der Waals surface area contributed by atoms with Crippen LogP contribution in [0.4, 0.5) is 5.69 Å². The SMILES string of the molecule is O=C1CCC/C(=N/N2CCCCc3ccccc32)C1. The quantitative estimate of drug-likeness (QED) is 0.772. The molecule has 1 fully saturated rings. The van der Waals surface area contributed by atoms with Crippen LogP contribution in [0.3, 0.4) is 0 Å². The Labute approximate surface area is 114 Å². The monoisotopic (exact) mass is 256 g/mol. The molecule has 100 valence electrons. The fourth-order valence-corrected chi connectivity index (χ4v) is 2.93. The van der Waals surface area contributed by atoms with Gasteiger partial charge in [0.2, 0.25) is 0 Å². The van der Waals surface area contributed by atoms with Gasteiger partial charge in [-0.3, -0.25) is 9.80 Å². The number of fused-ring (bicyclic) bond motifs is 1. The molecule has 1 saturated carbocycles. The molecule has 1 aliphatic heterocycles. The van der Waals surface area contributed by atoms with E-state index in [2.05, 4.69) is 29.3 Å². The number of aryl methyl sites for hydroxylation is 1. The Balaban J connectivity index is 1.87. The van der Waals surface area contributed by atoms with Crippen LogP contribution in [0, 0.1) is 0 Å². The highest BCUT2D eigenvalue weighted by molar-refractivity contribution is 6.04. The first-order valence-corrected chi connectivity index (χ1v) is 7.26. The van der Waals surface area contributed by atoms with Gasteiger partial charge in [0.05, 0.1) is 5.69 Å². The van der Waals surface area contributed by atoms with Crippen LogP contribution in [-0.4, -0.2) is 18.0 Å². The molecule has 3 rings (SSSR count). The minimum atomic E-state index is 0.341. The van der Waals surface area contributed by atoms with E-state index in [-0.39, 0.29) is 0 Å². The molecule has 0 bridgehead atoms. The van der Waals surface area contributed by atoms with Crippen molar-refractivity contribution in [1.29, 1.82) is 0 Å². The molecule has 3 nitrogen and oxygen atoms in total. The summed E-state index contributed by atoms with van der Waals surface area (Å²) in [6.45, 7) is 0.967. The summed E-state index contributed by atoms with van der Waals surface area (Å²) in [4.78, 5) is 11.5. The van der Waals surface area contributed by atoms with Gasteiger partial charge in [0.1, 0.15) is 5.78 Å². The average Bonchev–Trinajstić information content (AvgIpc) is 2.62. The van der Waals surface area contributed by atoms with Crippen molar-refractivity contribution >= 4 is 17.2 Å². The number of hydrogen-bond acceptors (Lipinski definition) is 3. The molecule has 1 aromatic rings. The summed E-state index contributed by atoms with van der Waals surface area (Å²) in [6.07, 6.45) is 6.75. The van der Waals surface area contributed by atoms with Crippen molar-refractivity contribution in [2.45, 2.75) is 44.9 Å². The number of carbonyl (C=O) groups excluding carboxylic acids is 1. The lowest BCUT2D eigenvalue weighted by molar-refractivity contribution is -0.118. The Morgan fingerprint density at radius 1 is 1.00 bits per heavy atom. The molecule has 0 aromatic heterocycles.